The minimum atomic E-state index is -0.115. The van der Waals surface area contributed by atoms with Crippen LogP contribution < -0.4 is 0 Å². The molecule has 3 nitrogen and oxygen atoms in total. The molecule has 2 heterocycles. The number of piperidine rings is 1. The first-order chi connectivity index (χ1) is 10.7. The van der Waals surface area contributed by atoms with Gasteiger partial charge in [0.1, 0.15) is 6.10 Å². The number of ether oxygens (including phenoxy) is 1. The van der Waals surface area contributed by atoms with Crippen molar-refractivity contribution in [3.8, 4) is 0 Å². The Bertz CT molecular complexity index is 503. The molecule has 1 aromatic rings. The van der Waals surface area contributed by atoms with Crippen LogP contribution in [-0.4, -0.2) is 37.1 Å². The van der Waals surface area contributed by atoms with Gasteiger partial charge in [-0.25, -0.2) is 0 Å². The predicted molar refractivity (Wildman–Crippen MR) is 90.2 cm³/mol. The molecule has 4 heteroatoms. The molecule has 0 aromatic carbocycles. The largest absolute Gasteiger partial charge is 0.462 e. The van der Waals surface area contributed by atoms with E-state index in [1.165, 1.54) is 6.42 Å². The maximum Gasteiger partial charge on any atom is 0.315 e. The molecule has 2 atom stereocenters. The van der Waals surface area contributed by atoms with E-state index in [1.807, 2.05) is 6.07 Å². The van der Waals surface area contributed by atoms with Crippen LogP contribution in [-0.2, 0) is 9.53 Å². The van der Waals surface area contributed by atoms with Crippen molar-refractivity contribution in [1.82, 2.24) is 4.90 Å². The number of thiophene rings is 1. The summed E-state index contributed by atoms with van der Waals surface area (Å²) >= 11 is 1.67. The zero-order valence-corrected chi connectivity index (χ0v) is 14.1. The molecule has 0 N–H and O–H groups in total. The number of rotatable bonds is 4. The van der Waals surface area contributed by atoms with Gasteiger partial charge in [-0.3, -0.25) is 4.79 Å². The van der Waals surface area contributed by atoms with Gasteiger partial charge in [0.15, 0.2) is 0 Å². The zero-order valence-electron chi connectivity index (χ0n) is 13.2. The van der Waals surface area contributed by atoms with E-state index in [1.54, 1.807) is 11.3 Å². The van der Waals surface area contributed by atoms with Crippen molar-refractivity contribution >= 4 is 17.3 Å². The highest BCUT2D eigenvalue weighted by molar-refractivity contribution is 7.10. The molecule has 120 valence electrons. The second-order valence-corrected chi connectivity index (χ2v) is 7.43. The van der Waals surface area contributed by atoms with Crippen molar-refractivity contribution < 1.29 is 9.53 Å². The molecule has 0 spiro atoms. The summed E-state index contributed by atoms with van der Waals surface area (Å²) in [5, 5.41) is 2.05. The van der Waals surface area contributed by atoms with E-state index >= 15 is 0 Å². The van der Waals surface area contributed by atoms with Crippen molar-refractivity contribution in [2.45, 2.75) is 44.1 Å². The Morgan fingerprint density at radius 3 is 2.82 bits per heavy atom. The van der Waals surface area contributed by atoms with E-state index in [0.29, 0.717) is 5.92 Å². The van der Waals surface area contributed by atoms with Gasteiger partial charge in [0.05, 0.1) is 5.92 Å². The lowest BCUT2D eigenvalue weighted by Gasteiger charge is -2.31. The van der Waals surface area contributed by atoms with Gasteiger partial charge < -0.3 is 9.64 Å². The number of carbonyl (C=O) groups excluding carboxylic acids is 1. The summed E-state index contributed by atoms with van der Waals surface area (Å²) in [6.07, 6.45) is 9.85. The Balaban J connectivity index is 1.70. The van der Waals surface area contributed by atoms with Crippen molar-refractivity contribution in [3.63, 3.8) is 0 Å². The van der Waals surface area contributed by atoms with Crippen LogP contribution >= 0.6 is 11.3 Å². The summed E-state index contributed by atoms with van der Waals surface area (Å²) < 4.78 is 5.89. The number of nitrogens with zero attached hydrogens (tertiary/aromatic N) is 1. The number of likely N-dealkylation sites (tertiary alicyclic amines) is 1. The van der Waals surface area contributed by atoms with Gasteiger partial charge in [0.2, 0.25) is 0 Å². The smallest absolute Gasteiger partial charge is 0.315 e. The molecule has 0 unspecified atom stereocenters. The van der Waals surface area contributed by atoms with Crippen LogP contribution in [0.2, 0.25) is 0 Å². The standard InChI is InChI=1S/C18H25NO2S/c1-19-11-9-15(10-12-19)21-18(20)17(16-8-5-13-22-16)14-6-3-2-4-7-14/h3,5-6,8,13-15,17H,2,4,7,9-12H2,1H3/t14-,17+/m1/s1. The van der Waals surface area contributed by atoms with E-state index < -0.39 is 0 Å². The fourth-order valence-electron chi connectivity index (χ4n) is 3.43. The zero-order chi connectivity index (χ0) is 15.4. The Kier molecular flexibility index (Phi) is 5.32. The number of carbonyl (C=O) groups is 1. The van der Waals surface area contributed by atoms with Gasteiger partial charge in [0, 0.05) is 18.0 Å². The fraction of sp³-hybridized carbons (Fsp3) is 0.611. The lowest BCUT2D eigenvalue weighted by atomic mass is 9.83. The molecule has 3 rings (SSSR count). The topological polar surface area (TPSA) is 29.5 Å². The van der Waals surface area contributed by atoms with Gasteiger partial charge in [-0.05, 0) is 56.5 Å². The second-order valence-electron chi connectivity index (χ2n) is 6.46. The molecule has 0 radical (unpaired) electrons. The Labute approximate surface area is 137 Å². The van der Waals surface area contributed by atoms with E-state index in [2.05, 4.69) is 35.5 Å². The molecule has 0 saturated carbocycles. The quantitative estimate of drug-likeness (QED) is 0.624. The van der Waals surface area contributed by atoms with Crippen LogP contribution in [0, 0.1) is 5.92 Å². The van der Waals surface area contributed by atoms with E-state index in [9.17, 15) is 4.79 Å². The lowest BCUT2D eigenvalue weighted by molar-refractivity contribution is -0.154. The van der Waals surface area contributed by atoms with Crippen LogP contribution in [0.4, 0.5) is 0 Å². The minimum absolute atomic E-state index is 0.0199. The van der Waals surface area contributed by atoms with Gasteiger partial charge in [-0.15, -0.1) is 11.3 Å². The predicted octanol–water partition coefficient (Wildman–Crippen LogP) is 3.83. The molecule has 1 aliphatic carbocycles. The molecule has 1 saturated heterocycles. The monoisotopic (exact) mass is 319 g/mol. The summed E-state index contributed by atoms with van der Waals surface area (Å²) in [5.74, 6) is 0.163. The van der Waals surface area contributed by atoms with E-state index in [4.69, 9.17) is 4.74 Å². The maximum atomic E-state index is 12.8. The highest BCUT2D eigenvalue weighted by Crippen LogP contribution is 2.36. The first-order valence-corrected chi connectivity index (χ1v) is 9.21. The maximum absolute atomic E-state index is 12.8. The second kappa shape index (κ2) is 7.42. The van der Waals surface area contributed by atoms with E-state index in [0.717, 1.165) is 43.6 Å². The van der Waals surface area contributed by atoms with Crippen LogP contribution in [0.1, 0.15) is 42.9 Å². The first kappa shape index (κ1) is 15.8. The molecule has 1 aliphatic heterocycles. The molecule has 1 fully saturated rings. The molecular weight excluding hydrogens is 294 g/mol. The average Bonchev–Trinajstić information content (AvgIpc) is 3.05. The van der Waals surface area contributed by atoms with Gasteiger partial charge >= 0.3 is 5.97 Å². The number of allylic oxidation sites excluding steroid dienone is 2. The van der Waals surface area contributed by atoms with Crippen molar-refractivity contribution in [3.05, 3.63) is 34.5 Å². The average molecular weight is 319 g/mol. The summed E-state index contributed by atoms with van der Waals surface area (Å²) in [6.45, 7) is 2.04. The molecule has 0 bridgehead atoms. The highest BCUT2D eigenvalue weighted by Gasteiger charge is 2.33. The molecule has 1 aromatic heterocycles. The Morgan fingerprint density at radius 2 is 2.18 bits per heavy atom. The Hall–Kier alpha value is -1.13. The summed E-state index contributed by atoms with van der Waals surface area (Å²) in [5.41, 5.74) is 0. The van der Waals surface area contributed by atoms with Gasteiger partial charge in [-0.2, -0.15) is 0 Å². The Morgan fingerprint density at radius 1 is 1.36 bits per heavy atom. The van der Waals surface area contributed by atoms with Gasteiger partial charge in [-0.1, -0.05) is 18.2 Å². The van der Waals surface area contributed by atoms with Crippen molar-refractivity contribution in [2.75, 3.05) is 20.1 Å². The number of esters is 1. The fourth-order valence-corrected chi connectivity index (χ4v) is 4.32. The van der Waals surface area contributed by atoms with Crippen LogP contribution in [0.5, 0.6) is 0 Å². The number of hydrogen-bond donors (Lipinski definition) is 0. The molecule has 22 heavy (non-hydrogen) atoms. The molecular formula is C18H25NO2S. The van der Waals surface area contributed by atoms with Crippen molar-refractivity contribution in [2.24, 2.45) is 5.92 Å². The lowest BCUT2D eigenvalue weighted by Crippen LogP contribution is -2.36. The first-order valence-electron chi connectivity index (χ1n) is 8.33. The summed E-state index contributed by atoms with van der Waals surface area (Å²) in [4.78, 5) is 16.3. The summed E-state index contributed by atoms with van der Waals surface area (Å²) in [7, 11) is 2.12. The molecule has 0 amide bonds. The van der Waals surface area contributed by atoms with E-state index in [-0.39, 0.29) is 18.0 Å². The van der Waals surface area contributed by atoms with Crippen LogP contribution in [0.25, 0.3) is 0 Å². The van der Waals surface area contributed by atoms with Crippen molar-refractivity contribution in [1.29, 1.82) is 0 Å². The minimum Gasteiger partial charge on any atom is -0.462 e. The van der Waals surface area contributed by atoms with Crippen LogP contribution in [0.3, 0.4) is 0 Å². The van der Waals surface area contributed by atoms with Gasteiger partial charge in [0.25, 0.3) is 0 Å². The highest BCUT2D eigenvalue weighted by atomic mass is 32.1. The van der Waals surface area contributed by atoms with Crippen LogP contribution in [0.15, 0.2) is 29.7 Å². The molecule has 2 aliphatic rings. The third-order valence-corrected chi connectivity index (χ3v) is 5.73. The third kappa shape index (κ3) is 3.79. The SMILES string of the molecule is CN1CCC(OC(=O)[C@H](c2cccs2)[C@@H]2C=CCCC2)CC1. The number of hydrogen-bond acceptors (Lipinski definition) is 4. The summed E-state index contributed by atoms with van der Waals surface area (Å²) in [6, 6.07) is 4.11. The third-order valence-electron chi connectivity index (χ3n) is 4.77. The normalized spacial score (nSPS) is 25.0.